The number of methoxy groups -OCH3 is 1. The quantitative estimate of drug-likeness (QED) is 0.291. The second kappa shape index (κ2) is 14.0. The molecule has 9 heteroatoms. The number of amides is 4. The van der Waals surface area contributed by atoms with Crippen LogP contribution in [0, 0.1) is 5.92 Å². The van der Waals surface area contributed by atoms with Crippen LogP contribution in [0.25, 0.3) is 11.1 Å². The lowest BCUT2D eigenvalue weighted by atomic mass is 9.98. The molecule has 1 unspecified atom stereocenters. The SMILES string of the molecule is CCNC(=O)NCc1ccccc1-c1ccc(CN2C(=O)[C@H](NC(=O)C(N)C(C)C)CCc3cc(OC)ccc32)cc1. The Morgan fingerprint density at radius 2 is 1.79 bits per heavy atom. The average Bonchev–Trinajstić information content (AvgIpc) is 3.12. The van der Waals surface area contributed by atoms with Crippen molar-refractivity contribution >= 4 is 23.5 Å². The minimum atomic E-state index is -0.691. The van der Waals surface area contributed by atoms with Crippen LogP contribution in [0.1, 0.15) is 43.9 Å². The number of carbonyl (C=O) groups excluding carboxylic acids is 3. The Bertz CT molecular complexity index is 1410. The highest BCUT2D eigenvalue weighted by atomic mass is 16.5. The van der Waals surface area contributed by atoms with E-state index in [1.165, 1.54) is 0 Å². The van der Waals surface area contributed by atoms with E-state index in [2.05, 4.69) is 16.0 Å². The summed E-state index contributed by atoms with van der Waals surface area (Å²) < 4.78 is 5.44. The fourth-order valence-corrected chi connectivity index (χ4v) is 5.08. The summed E-state index contributed by atoms with van der Waals surface area (Å²) in [6, 6.07) is 20.1. The number of fused-ring (bicyclic) bond motifs is 1. The minimum Gasteiger partial charge on any atom is -0.497 e. The van der Waals surface area contributed by atoms with Gasteiger partial charge in [0, 0.05) is 18.8 Å². The third kappa shape index (κ3) is 7.28. The molecule has 0 aromatic heterocycles. The number of hydrogen-bond acceptors (Lipinski definition) is 5. The Morgan fingerprint density at radius 3 is 2.48 bits per heavy atom. The Kier molecular flexibility index (Phi) is 10.2. The van der Waals surface area contributed by atoms with Gasteiger partial charge in [-0.2, -0.15) is 0 Å². The second-order valence-corrected chi connectivity index (χ2v) is 10.9. The van der Waals surface area contributed by atoms with Crippen molar-refractivity contribution in [2.45, 2.75) is 58.8 Å². The normalized spacial score (nSPS) is 15.4. The Labute approximate surface area is 247 Å². The van der Waals surface area contributed by atoms with Gasteiger partial charge in [-0.25, -0.2) is 4.79 Å². The van der Waals surface area contributed by atoms with Crippen LogP contribution in [0.2, 0.25) is 0 Å². The number of hydrogen-bond donors (Lipinski definition) is 4. The van der Waals surface area contributed by atoms with Gasteiger partial charge in [0.1, 0.15) is 11.8 Å². The third-order valence-electron chi connectivity index (χ3n) is 7.58. The zero-order valence-electron chi connectivity index (χ0n) is 24.8. The third-order valence-corrected chi connectivity index (χ3v) is 7.58. The fourth-order valence-electron chi connectivity index (χ4n) is 5.08. The second-order valence-electron chi connectivity index (χ2n) is 10.9. The van der Waals surface area contributed by atoms with Gasteiger partial charge in [-0.3, -0.25) is 9.59 Å². The topological polar surface area (TPSA) is 126 Å². The predicted octanol–water partition coefficient (Wildman–Crippen LogP) is 4.13. The molecule has 0 bridgehead atoms. The molecule has 9 nitrogen and oxygen atoms in total. The van der Waals surface area contributed by atoms with Crippen LogP contribution in [-0.2, 0) is 29.1 Å². The fraction of sp³-hybridized carbons (Fsp3) is 0.364. The van der Waals surface area contributed by atoms with Crippen molar-refractivity contribution in [3.63, 3.8) is 0 Å². The summed E-state index contributed by atoms with van der Waals surface area (Å²) in [5.41, 5.74) is 11.8. The molecule has 0 saturated heterocycles. The number of ether oxygens (including phenoxy) is 1. The smallest absolute Gasteiger partial charge is 0.315 e. The average molecular weight is 572 g/mol. The van der Waals surface area contributed by atoms with Crippen molar-refractivity contribution in [1.29, 1.82) is 0 Å². The maximum atomic E-state index is 13.9. The molecule has 1 aliphatic heterocycles. The Hall–Kier alpha value is -4.37. The van der Waals surface area contributed by atoms with Crippen molar-refractivity contribution in [3.8, 4) is 16.9 Å². The van der Waals surface area contributed by atoms with E-state index in [0.29, 0.717) is 32.5 Å². The predicted molar refractivity (Wildman–Crippen MR) is 165 cm³/mol. The molecule has 222 valence electrons. The van der Waals surface area contributed by atoms with E-state index in [4.69, 9.17) is 10.5 Å². The molecule has 0 fully saturated rings. The van der Waals surface area contributed by atoms with Crippen LogP contribution in [-0.4, -0.2) is 43.6 Å². The van der Waals surface area contributed by atoms with Crippen molar-refractivity contribution in [1.82, 2.24) is 16.0 Å². The number of carbonyl (C=O) groups is 3. The number of nitrogens with one attached hydrogen (secondary N) is 3. The monoisotopic (exact) mass is 571 g/mol. The number of benzene rings is 3. The molecule has 5 N–H and O–H groups in total. The lowest BCUT2D eigenvalue weighted by Gasteiger charge is -2.27. The van der Waals surface area contributed by atoms with Gasteiger partial charge in [0.05, 0.1) is 19.7 Å². The van der Waals surface area contributed by atoms with Gasteiger partial charge in [0.2, 0.25) is 11.8 Å². The summed E-state index contributed by atoms with van der Waals surface area (Å²) in [6.45, 7) is 6.94. The minimum absolute atomic E-state index is 0.0450. The first-order chi connectivity index (χ1) is 20.2. The maximum Gasteiger partial charge on any atom is 0.315 e. The summed E-state index contributed by atoms with van der Waals surface area (Å²) in [7, 11) is 1.62. The van der Waals surface area contributed by atoms with E-state index in [-0.39, 0.29) is 23.8 Å². The van der Waals surface area contributed by atoms with Gasteiger partial charge in [-0.15, -0.1) is 0 Å². The molecule has 42 heavy (non-hydrogen) atoms. The van der Waals surface area contributed by atoms with Crippen LogP contribution in [0.15, 0.2) is 66.7 Å². The van der Waals surface area contributed by atoms with Crippen LogP contribution < -0.4 is 31.3 Å². The Morgan fingerprint density at radius 1 is 1.05 bits per heavy atom. The van der Waals surface area contributed by atoms with Gasteiger partial charge in [0.25, 0.3) is 0 Å². The van der Waals surface area contributed by atoms with Crippen molar-refractivity contribution in [3.05, 3.63) is 83.4 Å². The van der Waals surface area contributed by atoms with E-state index in [1.54, 1.807) is 12.0 Å². The molecule has 4 amide bonds. The number of rotatable bonds is 10. The highest BCUT2D eigenvalue weighted by molar-refractivity contribution is 6.01. The number of aryl methyl sites for hydroxylation is 1. The lowest BCUT2D eigenvalue weighted by Crippen LogP contribution is -2.53. The first-order valence-electron chi connectivity index (χ1n) is 14.4. The molecule has 0 radical (unpaired) electrons. The van der Waals surface area contributed by atoms with Crippen molar-refractivity contribution in [2.75, 3.05) is 18.6 Å². The summed E-state index contributed by atoms with van der Waals surface area (Å²) >= 11 is 0. The zero-order valence-corrected chi connectivity index (χ0v) is 24.8. The zero-order chi connectivity index (χ0) is 30.2. The van der Waals surface area contributed by atoms with E-state index >= 15 is 0 Å². The van der Waals surface area contributed by atoms with E-state index in [1.807, 2.05) is 87.5 Å². The van der Waals surface area contributed by atoms with Crippen molar-refractivity contribution < 1.29 is 19.1 Å². The lowest BCUT2D eigenvalue weighted by molar-refractivity contribution is -0.129. The number of urea groups is 1. The highest BCUT2D eigenvalue weighted by Gasteiger charge is 2.33. The van der Waals surface area contributed by atoms with E-state index in [9.17, 15) is 14.4 Å². The van der Waals surface area contributed by atoms with E-state index < -0.39 is 12.1 Å². The Balaban J connectivity index is 1.58. The van der Waals surface area contributed by atoms with Crippen LogP contribution in [0.3, 0.4) is 0 Å². The van der Waals surface area contributed by atoms with Crippen LogP contribution >= 0.6 is 0 Å². The first-order valence-corrected chi connectivity index (χ1v) is 14.4. The number of nitrogens with two attached hydrogens (primary N) is 1. The molecule has 2 atom stereocenters. The van der Waals surface area contributed by atoms with Crippen molar-refractivity contribution in [2.24, 2.45) is 11.7 Å². The number of nitrogens with zero attached hydrogens (tertiary/aromatic N) is 1. The molecular formula is C33H41N5O4. The largest absolute Gasteiger partial charge is 0.497 e. The van der Waals surface area contributed by atoms with Gasteiger partial charge < -0.3 is 31.3 Å². The number of anilines is 1. The standard InChI is InChI=1S/C33H41N5O4/c1-5-35-33(41)36-19-25-8-6-7-9-27(25)23-12-10-22(11-13-23)20-38-29-17-15-26(42-4)18-24(29)14-16-28(32(38)40)37-31(39)30(34)21(2)3/h6-13,15,17-18,21,28,30H,5,14,16,19-20,34H2,1-4H3,(H,37,39)(H2,35,36,41)/t28-,30?/m1/s1. The van der Waals surface area contributed by atoms with Crippen LogP contribution in [0.5, 0.6) is 5.75 Å². The molecule has 1 heterocycles. The summed E-state index contributed by atoms with van der Waals surface area (Å²) in [4.78, 5) is 40.4. The summed E-state index contributed by atoms with van der Waals surface area (Å²) in [6.07, 6.45) is 1.07. The first kappa shape index (κ1) is 30.6. The molecule has 0 spiro atoms. The van der Waals surface area contributed by atoms with Crippen LogP contribution in [0.4, 0.5) is 10.5 Å². The molecule has 3 aromatic carbocycles. The van der Waals surface area contributed by atoms with Gasteiger partial charge in [0.15, 0.2) is 0 Å². The molecule has 3 aromatic rings. The molecule has 0 saturated carbocycles. The molecular weight excluding hydrogens is 530 g/mol. The highest BCUT2D eigenvalue weighted by Crippen LogP contribution is 2.32. The summed E-state index contributed by atoms with van der Waals surface area (Å²) in [5, 5.41) is 8.55. The van der Waals surface area contributed by atoms with Gasteiger partial charge >= 0.3 is 6.03 Å². The maximum absolute atomic E-state index is 13.9. The van der Waals surface area contributed by atoms with Gasteiger partial charge in [-0.1, -0.05) is 62.4 Å². The molecule has 1 aliphatic rings. The molecule has 4 rings (SSSR count). The molecule has 0 aliphatic carbocycles. The summed E-state index contributed by atoms with van der Waals surface area (Å²) in [5.74, 6) is 0.178. The van der Waals surface area contributed by atoms with E-state index in [0.717, 1.165) is 39.3 Å². The van der Waals surface area contributed by atoms with Gasteiger partial charge in [-0.05, 0) is 71.7 Å².